The zero-order valence-electron chi connectivity index (χ0n) is 14.5. The highest BCUT2D eigenvalue weighted by Crippen LogP contribution is 2.23. The summed E-state index contributed by atoms with van der Waals surface area (Å²) < 4.78 is 30.2. The van der Waals surface area contributed by atoms with Gasteiger partial charge in [-0.25, -0.2) is 8.42 Å². The lowest BCUT2D eigenvalue weighted by atomic mass is 10.2. The van der Waals surface area contributed by atoms with Crippen LogP contribution in [0.4, 0.5) is 0 Å². The van der Waals surface area contributed by atoms with Gasteiger partial charge in [0.25, 0.3) is 0 Å². The molecule has 1 aromatic heterocycles. The third-order valence-electron chi connectivity index (χ3n) is 4.66. The van der Waals surface area contributed by atoms with E-state index in [1.807, 2.05) is 32.0 Å². The molecule has 0 amide bonds. The van der Waals surface area contributed by atoms with Crippen LogP contribution in [0.1, 0.15) is 18.2 Å². The van der Waals surface area contributed by atoms with E-state index < -0.39 is 10.0 Å². The van der Waals surface area contributed by atoms with Crippen molar-refractivity contribution >= 4 is 26.0 Å². The van der Waals surface area contributed by atoms with Crippen LogP contribution in [0.15, 0.2) is 39.8 Å². The molecule has 136 valence electrons. The lowest BCUT2D eigenvalue weighted by Crippen LogP contribution is -2.48. The second kappa shape index (κ2) is 7.57. The number of sulfonamides is 1. The summed E-state index contributed by atoms with van der Waals surface area (Å²) in [6, 6.07) is 8.14. The average molecular weight is 427 g/mol. The van der Waals surface area contributed by atoms with Gasteiger partial charge in [0.2, 0.25) is 10.0 Å². The minimum atomic E-state index is -3.47. The van der Waals surface area contributed by atoms with Crippen LogP contribution < -0.4 is 0 Å². The third kappa shape index (κ3) is 3.81. The molecule has 0 unspecified atom stereocenters. The Labute approximate surface area is 157 Å². The standard InChI is InChI=1S/C17H23BrN4O2S/c1-3-22-14(2)17(12-19-22)25(23,24)21-10-8-20(9-11-21)13-15-6-4-5-7-16(15)18/h4-7,12H,3,8-11,13H2,1-2H3. The van der Waals surface area contributed by atoms with Crippen LogP contribution in [0.25, 0.3) is 0 Å². The van der Waals surface area contributed by atoms with Crippen LogP contribution in [0, 0.1) is 6.92 Å². The molecular formula is C17H23BrN4O2S. The van der Waals surface area contributed by atoms with Crippen molar-refractivity contribution in [1.82, 2.24) is 19.0 Å². The highest BCUT2D eigenvalue weighted by molar-refractivity contribution is 9.10. The Morgan fingerprint density at radius 2 is 1.84 bits per heavy atom. The molecule has 1 aliphatic rings. The summed E-state index contributed by atoms with van der Waals surface area (Å²) in [7, 11) is -3.47. The van der Waals surface area contributed by atoms with Crippen molar-refractivity contribution in [1.29, 1.82) is 0 Å². The van der Waals surface area contributed by atoms with Crippen molar-refractivity contribution in [2.75, 3.05) is 26.2 Å². The van der Waals surface area contributed by atoms with Crippen molar-refractivity contribution in [3.8, 4) is 0 Å². The lowest BCUT2D eigenvalue weighted by Gasteiger charge is -2.34. The Hall–Kier alpha value is -1.22. The minimum Gasteiger partial charge on any atom is -0.296 e. The number of hydrogen-bond donors (Lipinski definition) is 0. The van der Waals surface area contributed by atoms with Crippen LogP contribution in [0.3, 0.4) is 0 Å². The molecule has 1 fully saturated rings. The molecular weight excluding hydrogens is 404 g/mol. The Morgan fingerprint density at radius 3 is 2.44 bits per heavy atom. The second-order valence-electron chi connectivity index (χ2n) is 6.18. The zero-order chi connectivity index (χ0) is 18.0. The Bertz CT molecular complexity index is 842. The third-order valence-corrected chi connectivity index (χ3v) is 7.43. The minimum absolute atomic E-state index is 0.327. The highest BCUT2D eigenvalue weighted by Gasteiger charge is 2.31. The van der Waals surface area contributed by atoms with Gasteiger partial charge < -0.3 is 0 Å². The first kappa shape index (κ1) is 18.6. The topological polar surface area (TPSA) is 58.4 Å². The lowest BCUT2D eigenvalue weighted by molar-refractivity contribution is 0.181. The van der Waals surface area contributed by atoms with Crippen molar-refractivity contribution in [3.05, 3.63) is 46.2 Å². The maximum Gasteiger partial charge on any atom is 0.246 e. The van der Waals surface area contributed by atoms with E-state index in [0.717, 1.165) is 24.1 Å². The van der Waals surface area contributed by atoms with Crippen LogP contribution in [0.2, 0.25) is 0 Å². The molecule has 8 heteroatoms. The number of nitrogens with zero attached hydrogens (tertiary/aromatic N) is 4. The van der Waals surface area contributed by atoms with Gasteiger partial charge in [0.05, 0.1) is 11.9 Å². The first-order valence-corrected chi connectivity index (χ1v) is 10.6. The number of piperazine rings is 1. The molecule has 0 spiro atoms. The van der Waals surface area contributed by atoms with Crippen LogP contribution in [0.5, 0.6) is 0 Å². The summed E-state index contributed by atoms with van der Waals surface area (Å²) in [5.41, 5.74) is 1.93. The molecule has 1 aliphatic heterocycles. The number of benzene rings is 1. The fourth-order valence-electron chi connectivity index (χ4n) is 3.14. The van der Waals surface area contributed by atoms with Crippen molar-refractivity contribution in [3.63, 3.8) is 0 Å². The number of aromatic nitrogens is 2. The molecule has 0 aliphatic carbocycles. The van der Waals surface area contributed by atoms with Gasteiger partial charge in [0.15, 0.2) is 0 Å². The number of halogens is 1. The number of hydrogen-bond acceptors (Lipinski definition) is 4. The first-order chi connectivity index (χ1) is 11.9. The monoisotopic (exact) mass is 426 g/mol. The summed E-state index contributed by atoms with van der Waals surface area (Å²) >= 11 is 3.57. The Balaban J connectivity index is 1.67. The quantitative estimate of drug-likeness (QED) is 0.736. The van der Waals surface area contributed by atoms with Gasteiger partial charge >= 0.3 is 0 Å². The van der Waals surface area contributed by atoms with E-state index in [0.29, 0.717) is 30.2 Å². The van der Waals surface area contributed by atoms with Gasteiger partial charge in [-0.15, -0.1) is 0 Å². The van der Waals surface area contributed by atoms with Gasteiger partial charge in [-0.3, -0.25) is 9.58 Å². The largest absolute Gasteiger partial charge is 0.296 e. The molecule has 2 heterocycles. The molecule has 0 N–H and O–H groups in total. The molecule has 0 bridgehead atoms. The predicted octanol–water partition coefficient (Wildman–Crippen LogP) is 2.48. The van der Waals surface area contributed by atoms with E-state index in [1.54, 1.807) is 8.99 Å². The van der Waals surface area contributed by atoms with E-state index in [4.69, 9.17) is 0 Å². The maximum absolute atomic E-state index is 12.9. The van der Waals surface area contributed by atoms with Gasteiger partial charge in [0, 0.05) is 43.7 Å². The zero-order valence-corrected chi connectivity index (χ0v) is 16.9. The summed E-state index contributed by atoms with van der Waals surface area (Å²) in [4.78, 5) is 2.61. The van der Waals surface area contributed by atoms with Gasteiger partial charge in [-0.1, -0.05) is 34.1 Å². The van der Waals surface area contributed by atoms with Gasteiger partial charge in [-0.2, -0.15) is 9.40 Å². The summed E-state index contributed by atoms with van der Waals surface area (Å²) in [6.07, 6.45) is 1.47. The Kier molecular flexibility index (Phi) is 5.62. The molecule has 25 heavy (non-hydrogen) atoms. The molecule has 0 radical (unpaired) electrons. The average Bonchev–Trinajstić information content (AvgIpc) is 2.99. The van der Waals surface area contributed by atoms with Gasteiger partial charge in [-0.05, 0) is 25.5 Å². The van der Waals surface area contributed by atoms with Crippen LogP contribution >= 0.6 is 15.9 Å². The smallest absolute Gasteiger partial charge is 0.246 e. The maximum atomic E-state index is 12.9. The molecule has 3 rings (SSSR count). The normalized spacial score (nSPS) is 17.1. The van der Waals surface area contributed by atoms with Crippen LogP contribution in [-0.4, -0.2) is 53.6 Å². The fourth-order valence-corrected chi connectivity index (χ4v) is 5.13. The van der Waals surface area contributed by atoms with E-state index >= 15 is 0 Å². The number of rotatable bonds is 5. The first-order valence-electron chi connectivity index (χ1n) is 8.41. The summed E-state index contributed by atoms with van der Waals surface area (Å²) in [5.74, 6) is 0. The molecule has 1 saturated heterocycles. The van der Waals surface area contributed by atoms with E-state index in [-0.39, 0.29) is 0 Å². The predicted molar refractivity (Wildman–Crippen MR) is 101 cm³/mol. The van der Waals surface area contributed by atoms with Crippen molar-refractivity contribution < 1.29 is 8.42 Å². The SMILES string of the molecule is CCn1ncc(S(=O)(=O)N2CCN(Cc3ccccc3Br)CC2)c1C. The highest BCUT2D eigenvalue weighted by atomic mass is 79.9. The summed E-state index contributed by atoms with van der Waals surface area (Å²) in [6.45, 7) is 7.71. The molecule has 1 aromatic carbocycles. The van der Waals surface area contributed by atoms with Crippen LogP contribution in [-0.2, 0) is 23.1 Å². The van der Waals surface area contributed by atoms with Crippen molar-refractivity contribution in [2.45, 2.75) is 31.8 Å². The Morgan fingerprint density at radius 1 is 1.16 bits per heavy atom. The fraction of sp³-hybridized carbons (Fsp3) is 0.471. The molecule has 2 aromatic rings. The van der Waals surface area contributed by atoms with Crippen molar-refractivity contribution in [2.24, 2.45) is 0 Å². The second-order valence-corrected chi connectivity index (χ2v) is 8.94. The van der Waals surface area contributed by atoms with E-state index in [2.05, 4.69) is 32.0 Å². The molecule has 0 saturated carbocycles. The molecule has 0 atom stereocenters. The molecule has 6 nitrogen and oxygen atoms in total. The van der Waals surface area contributed by atoms with E-state index in [9.17, 15) is 8.42 Å². The summed E-state index contributed by atoms with van der Waals surface area (Å²) in [5, 5.41) is 4.17. The van der Waals surface area contributed by atoms with E-state index in [1.165, 1.54) is 11.8 Å². The number of aryl methyl sites for hydroxylation is 1. The van der Waals surface area contributed by atoms with Gasteiger partial charge in [0.1, 0.15) is 4.90 Å².